The Morgan fingerprint density at radius 1 is 1.40 bits per heavy atom. The van der Waals surface area contributed by atoms with Gasteiger partial charge in [0.25, 0.3) is 0 Å². The fraction of sp³-hybridized carbons (Fsp3) is 0.800. The van der Waals surface area contributed by atoms with Crippen molar-refractivity contribution in [1.29, 1.82) is 0 Å². The maximum atomic E-state index is 5.94. The molecule has 2 rings (SSSR count). The molecule has 1 aliphatic heterocycles. The van der Waals surface area contributed by atoms with E-state index < -0.39 is 0 Å². The fourth-order valence-electron chi connectivity index (χ4n) is 3.46. The molecular formula is C15H28N4O. The third-order valence-corrected chi connectivity index (χ3v) is 4.67. The van der Waals surface area contributed by atoms with Crippen molar-refractivity contribution >= 4 is 0 Å². The summed E-state index contributed by atoms with van der Waals surface area (Å²) in [6.07, 6.45) is 6.41. The highest BCUT2D eigenvalue weighted by molar-refractivity contribution is 5.00. The number of aromatic nitrogens is 2. The summed E-state index contributed by atoms with van der Waals surface area (Å²) in [6.45, 7) is 9.73. The molecule has 5 unspecified atom stereocenters. The molecule has 1 fully saturated rings. The fourth-order valence-corrected chi connectivity index (χ4v) is 3.46. The lowest BCUT2D eigenvalue weighted by Crippen LogP contribution is -2.47. The van der Waals surface area contributed by atoms with Crippen LogP contribution in [0.1, 0.15) is 39.9 Å². The molecule has 1 aromatic heterocycles. The van der Waals surface area contributed by atoms with Crippen molar-refractivity contribution in [2.45, 2.75) is 65.3 Å². The molecule has 0 spiro atoms. The molecule has 0 aliphatic carbocycles. The van der Waals surface area contributed by atoms with Crippen molar-refractivity contribution in [3.8, 4) is 0 Å². The standard InChI is InChI=1S/C15H28N4O/c1-5-7-19-8-6-17-14(19)9-13(18-16)15-10(2)11(3)20-12(15)4/h6,8,10-13,15,18H,5,7,9,16H2,1-4H3. The zero-order chi connectivity index (χ0) is 14.7. The van der Waals surface area contributed by atoms with Crippen LogP contribution in [0.2, 0.25) is 0 Å². The molecule has 0 radical (unpaired) electrons. The molecular weight excluding hydrogens is 252 g/mol. The van der Waals surface area contributed by atoms with Crippen LogP contribution in [0.25, 0.3) is 0 Å². The Morgan fingerprint density at radius 2 is 2.15 bits per heavy atom. The van der Waals surface area contributed by atoms with E-state index in [1.54, 1.807) is 0 Å². The Morgan fingerprint density at radius 3 is 2.70 bits per heavy atom. The zero-order valence-electron chi connectivity index (χ0n) is 13.0. The van der Waals surface area contributed by atoms with Gasteiger partial charge in [0.2, 0.25) is 0 Å². The minimum absolute atomic E-state index is 0.197. The van der Waals surface area contributed by atoms with E-state index in [2.05, 4.69) is 42.7 Å². The molecule has 5 heteroatoms. The van der Waals surface area contributed by atoms with Gasteiger partial charge in [0.15, 0.2) is 0 Å². The summed E-state index contributed by atoms with van der Waals surface area (Å²) in [5.74, 6) is 7.84. The number of nitrogens with zero attached hydrogens (tertiary/aromatic N) is 2. The van der Waals surface area contributed by atoms with Crippen LogP contribution in [0.15, 0.2) is 12.4 Å². The van der Waals surface area contributed by atoms with Crippen molar-refractivity contribution in [3.63, 3.8) is 0 Å². The van der Waals surface area contributed by atoms with Crippen LogP contribution in [-0.4, -0.2) is 27.8 Å². The third-order valence-electron chi connectivity index (χ3n) is 4.67. The lowest BCUT2D eigenvalue weighted by Gasteiger charge is -2.28. The highest BCUT2D eigenvalue weighted by Crippen LogP contribution is 2.35. The Labute approximate surface area is 121 Å². The van der Waals surface area contributed by atoms with Crippen LogP contribution in [0.3, 0.4) is 0 Å². The molecule has 1 aromatic rings. The molecule has 0 aromatic carbocycles. The largest absolute Gasteiger partial charge is 0.375 e. The lowest BCUT2D eigenvalue weighted by atomic mass is 9.82. The Bertz CT molecular complexity index is 420. The van der Waals surface area contributed by atoms with Crippen molar-refractivity contribution in [1.82, 2.24) is 15.0 Å². The number of nitrogens with one attached hydrogen (secondary N) is 1. The lowest BCUT2D eigenvalue weighted by molar-refractivity contribution is 0.0474. The van der Waals surface area contributed by atoms with Gasteiger partial charge in [-0.2, -0.15) is 0 Å². The number of aryl methyl sites for hydroxylation is 1. The average molecular weight is 280 g/mol. The molecule has 114 valence electrons. The normalized spacial score (nSPS) is 31.6. The molecule has 2 heterocycles. The van der Waals surface area contributed by atoms with E-state index in [-0.39, 0.29) is 12.1 Å². The Kier molecular flexibility index (Phi) is 5.18. The number of ether oxygens (including phenoxy) is 1. The van der Waals surface area contributed by atoms with E-state index in [0.29, 0.717) is 17.9 Å². The van der Waals surface area contributed by atoms with E-state index in [9.17, 15) is 0 Å². The van der Waals surface area contributed by atoms with Gasteiger partial charge < -0.3 is 9.30 Å². The molecule has 5 nitrogen and oxygen atoms in total. The Balaban J connectivity index is 2.10. The predicted octanol–water partition coefficient (Wildman–Crippen LogP) is 1.73. The number of hydrazine groups is 1. The number of rotatable bonds is 6. The van der Waals surface area contributed by atoms with Gasteiger partial charge in [0.05, 0.1) is 12.2 Å². The van der Waals surface area contributed by atoms with Crippen molar-refractivity contribution in [3.05, 3.63) is 18.2 Å². The topological polar surface area (TPSA) is 65.1 Å². The highest BCUT2D eigenvalue weighted by Gasteiger charge is 2.41. The number of imidazole rings is 1. The minimum atomic E-state index is 0.197. The van der Waals surface area contributed by atoms with Crippen molar-refractivity contribution in [2.24, 2.45) is 17.7 Å². The molecule has 0 amide bonds. The first-order valence-corrected chi connectivity index (χ1v) is 7.70. The van der Waals surface area contributed by atoms with E-state index in [1.807, 2.05) is 12.4 Å². The minimum Gasteiger partial charge on any atom is -0.375 e. The van der Waals surface area contributed by atoms with Gasteiger partial charge in [-0.25, -0.2) is 4.98 Å². The maximum absolute atomic E-state index is 5.94. The van der Waals surface area contributed by atoms with Gasteiger partial charge in [-0.05, 0) is 26.2 Å². The first kappa shape index (κ1) is 15.5. The molecule has 0 saturated carbocycles. The van der Waals surface area contributed by atoms with Crippen LogP contribution in [0, 0.1) is 11.8 Å². The first-order valence-electron chi connectivity index (χ1n) is 7.70. The maximum Gasteiger partial charge on any atom is 0.110 e. The second kappa shape index (κ2) is 6.70. The molecule has 20 heavy (non-hydrogen) atoms. The second-order valence-corrected chi connectivity index (χ2v) is 6.00. The number of hydrogen-bond acceptors (Lipinski definition) is 4. The summed E-state index contributed by atoms with van der Waals surface area (Å²) >= 11 is 0. The summed E-state index contributed by atoms with van der Waals surface area (Å²) in [7, 11) is 0. The van der Waals surface area contributed by atoms with Crippen molar-refractivity contribution < 1.29 is 4.74 Å². The van der Waals surface area contributed by atoms with E-state index >= 15 is 0 Å². The highest BCUT2D eigenvalue weighted by atomic mass is 16.5. The number of nitrogens with two attached hydrogens (primary N) is 1. The molecule has 1 aliphatic rings. The summed E-state index contributed by atoms with van der Waals surface area (Å²) in [6, 6.07) is 0.197. The summed E-state index contributed by atoms with van der Waals surface area (Å²) < 4.78 is 8.16. The summed E-state index contributed by atoms with van der Waals surface area (Å²) in [5.41, 5.74) is 3.00. The van der Waals surface area contributed by atoms with Gasteiger partial charge in [0, 0.05) is 37.3 Å². The van der Waals surface area contributed by atoms with Crippen LogP contribution >= 0.6 is 0 Å². The van der Waals surface area contributed by atoms with Gasteiger partial charge in [-0.3, -0.25) is 11.3 Å². The predicted molar refractivity (Wildman–Crippen MR) is 80.0 cm³/mol. The van der Waals surface area contributed by atoms with Crippen molar-refractivity contribution in [2.75, 3.05) is 0 Å². The van der Waals surface area contributed by atoms with E-state index in [1.165, 1.54) is 0 Å². The van der Waals surface area contributed by atoms with Gasteiger partial charge in [0.1, 0.15) is 5.82 Å². The SMILES string of the molecule is CCCn1ccnc1CC(NN)C1C(C)OC(C)C1C. The average Bonchev–Trinajstić information content (AvgIpc) is 2.94. The van der Waals surface area contributed by atoms with E-state index in [4.69, 9.17) is 10.6 Å². The first-order chi connectivity index (χ1) is 9.58. The summed E-state index contributed by atoms with van der Waals surface area (Å²) in [4.78, 5) is 4.49. The van der Waals surface area contributed by atoms with Gasteiger partial charge in [-0.15, -0.1) is 0 Å². The third kappa shape index (κ3) is 3.05. The Hall–Kier alpha value is -0.910. The van der Waals surface area contributed by atoms with Crippen LogP contribution < -0.4 is 11.3 Å². The molecule has 3 N–H and O–H groups in total. The smallest absolute Gasteiger partial charge is 0.110 e. The monoisotopic (exact) mass is 280 g/mol. The van der Waals surface area contributed by atoms with Crippen LogP contribution in [0.4, 0.5) is 0 Å². The van der Waals surface area contributed by atoms with E-state index in [0.717, 1.165) is 25.2 Å². The molecule has 1 saturated heterocycles. The quantitative estimate of drug-likeness (QED) is 0.615. The summed E-state index contributed by atoms with van der Waals surface area (Å²) in [5, 5.41) is 0. The van der Waals surface area contributed by atoms with Gasteiger partial charge >= 0.3 is 0 Å². The van der Waals surface area contributed by atoms with Crippen LogP contribution in [0.5, 0.6) is 0 Å². The second-order valence-electron chi connectivity index (χ2n) is 6.00. The molecule has 0 bridgehead atoms. The number of hydrogen-bond donors (Lipinski definition) is 2. The van der Waals surface area contributed by atoms with Gasteiger partial charge in [-0.1, -0.05) is 13.8 Å². The van der Waals surface area contributed by atoms with Crippen LogP contribution in [-0.2, 0) is 17.7 Å². The zero-order valence-corrected chi connectivity index (χ0v) is 13.0. The molecule has 5 atom stereocenters.